The van der Waals surface area contributed by atoms with E-state index in [9.17, 15) is 4.39 Å². The first kappa shape index (κ1) is 15.0. The predicted octanol–water partition coefficient (Wildman–Crippen LogP) is 3.61. The van der Waals surface area contributed by atoms with Gasteiger partial charge in [0.1, 0.15) is 24.0 Å². The fourth-order valence-corrected chi connectivity index (χ4v) is 2.44. The van der Waals surface area contributed by atoms with E-state index in [4.69, 9.17) is 15.9 Å². The van der Waals surface area contributed by atoms with Crippen LogP contribution in [0.15, 0.2) is 30.3 Å². The van der Waals surface area contributed by atoms with Crippen LogP contribution in [-0.4, -0.2) is 5.84 Å². The van der Waals surface area contributed by atoms with Crippen LogP contribution >= 0.6 is 0 Å². The van der Waals surface area contributed by atoms with E-state index in [1.54, 1.807) is 12.1 Å². The van der Waals surface area contributed by atoms with Crippen LogP contribution < -0.4 is 10.5 Å². The van der Waals surface area contributed by atoms with Crippen LogP contribution in [0, 0.1) is 32.0 Å². The highest BCUT2D eigenvalue weighted by Crippen LogP contribution is 2.26. The Morgan fingerprint density at radius 2 is 1.81 bits per heavy atom. The first-order chi connectivity index (χ1) is 9.90. The lowest BCUT2D eigenvalue weighted by Crippen LogP contribution is -2.15. The van der Waals surface area contributed by atoms with Crippen molar-refractivity contribution in [3.8, 4) is 5.75 Å². The van der Waals surface area contributed by atoms with E-state index in [1.807, 2.05) is 32.9 Å². The Morgan fingerprint density at radius 1 is 1.19 bits per heavy atom. The molecule has 0 bridgehead atoms. The average molecular weight is 286 g/mol. The lowest BCUT2D eigenvalue weighted by molar-refractivity contribution is 0.295. The number of hydrogen-bond acceptors (Lipinski definition) is 2. The molecule has 0 saturated heterocycles. The summed E-state index contributed by atoms with van der Waals surface area (Å²) in [5.74, 6) is -0.00214. The number of nitrogens with one attached hydrogen (secondary N) is 1. The summed E-state index contributed by atoms with van der Waals surface area (Å²) in [6, 6.07) is 8.87. The van der Waals surface area contributed by atoms with E-state index in [0.29, 0.717) is 5.56 Å². The van der Waals surface area contributed by atoms with Crippen molar-refractivity contribution in [1.82, 2.24) is 0 Å². The number of nitrogens with two attached hydrogens (primary N) is 1. The maximum Gasteiger partial charge on any atom is 0.140 e. The molecule has 0 heterocycles. The standard InChI is InChI=1S/C17H19FN2O/c1-10-7-11(2)16(12(3)8-10)21-9-13-5-4-6-14(15(13)18)17(19)20/h4-8H,9H2,1-3H3,(H3,19,20). The summed E-state index contributed by atoms with van der Waals surface area (Å²) in [7, 11) is 0. The van der Waals surface area contributed by atoms with Crippen LogP contribution in [-0.2, 0) is 6.61 Å². The van der Waals surface area contributed by atoms with Gasteiger partial charge in [0.25, 0.3) is 0 Å². The second-order valence-electron chi connectivity index (χ2n) is 5.21. The lowest BCUT2D eigenvalue weighted by Gasteiger charge is -2.14. The van der Waals surface area contributed by atoms with Crippen LogP contribution in [0.25, 0.3) is 0 Å². The second-order valence-corrected chi connectivity index (χ2v) is 5.21. The van der Waals surface area contributed by atoms with Gasteiger partial charge in [-0.3, -0.25) is 5.41 Å². The lowest BCUT2D eigenvalue weighted by atomic mass is 10.1. The summed E-state index contributed by atoms with van der Waals surface area (Å²) in [5.41, 5.74) is 9.07. The van der Waals surface area contributed by atoms with E-state index in [2.05, 4.69) is 0 Å². The summed E-state index contributed by atoms with van der Waals surface area (Å²) in [4.78, 5) is 0. The summed E-state index contributed by atoms with van der Waals surface area (Å²) in [6.07, 6.45) is 0. The predicted molar refractivity (Wildman–Crippen MR) is 82.4 cm³/mol. The number of ether oxygens (including phenoxy) is 1. The number of nitrogen functional groups attached to an aromatic ring is 1. The highest BCUT2D eigenvalue weighted by Gasteiger charge is 2.12. The van der Waals surface area contributed by atoms with Gasteiger partial charge in [-0.25, -0.2) is 4.39 Å². The van der Waals surface area contributed by atoms with Gasteiger partial charge in [0.2, 0.25) is 0 Å². The van der Waals surface area contributed by atoms with Crippen molar-refractivity contribution in [2.45, 2.75) is 27.4 Å². The van der Waals surface area contributed by atoms with Crippen LogP contribution in [0.1, 0.15) is 27.8 Å². The highest BCUT2D eigenvalue weighted by molar-refractivity contribution is 5.95. The Kier molecular flexibility index (Phi) is 4.26. The van der Waals surface area contributed by atoms with E-state index in [-0.39, 0.29) is 18.0 Å². The van der Waals surface area contributed by atoms with E-state index in [1.165, 1.54) is 11.6 Å². The zero-order valence-corrected chi connectivity index (χ0v) is 12.5. The third-order valence-corrected chi connectivity index (χ3v) is 3.35. The Hall–Kier alpha value is -2.36. The Labute approximate surface area is 124 Å². The van der Waals surface area contributed by atoms with Crippen LogP contribution in [0.2, 0.25) is 0 Å². The average Bonchev–Trinajstić information content (AvgIpc) is 2.38. The minimum atomic E-state index is -0.493. The summed E-state index contributed by atoms with van der Waals surface area (Å²) >= 11 is 0. The number of rotatable bonds is 4. The van der Waals surface area contributed by atoms with Crippen molar-refractivity contribution in [2.75, 3.05) is 0 Å². The van der Waals surface area contributed by atoms with Crippen molar-refractivity contribution in [2.24, 2.45) is 5.73 Å². The number of benzene rings is 2. The second kappa shape index (κ2) is 5.95. The number of aryl methyl sites for hydroxylation is 3. The molecule has 0 atom stereocenters. The first-order valence-corrected chi connectivity index (χ1v) is 6.72. The Morgan fingerprint density at radius 3 is 2.38 bits per heavy atom. The summed E-state index contributed by atoms with van der Waals surface area (Å²) in [6.45, 7) is 6.08. The third-order valence-electron chi connectivity index (χ3n) is 3.35. The first-order valence-electron chi connectivity index (χ1n) is 6.72. The van der Waals surface area contributed by atoms with Crippen molar-refractivity contribution >= 4 is 5.84 Å². The maximum absolute atomic E-state index is 14.2. The van der Waals surface area contributed by atoms with Crippen LogP contribution in [0.5, 0.6) is 5.75 Å². The molecule has 4 heteroatoms. The van der Waals surface area contributed by atoms with Crippen LogP contribution in [0.4, 0.5) is 4.39 Å². The monoisotopic (exact) mass is 286 g/mol. The minimum Gasteiger partial charge on any atom is -0.488 e. The fraction of sp³-hybridized carbons (Fsp3) is 0.235. The molecule has 0 unspecified atom stereocenters. The Balaban J connectivity index is 2.25. The topological polar surface area (TPSA) is 59.1 Å². The zero-order valence-electron chi connectivity index (χ0n) is 12.5. The number of hydrogen-bond donors (Lipinski definition) is 2. The largest absolute Gasteiger partial charge is 0.488 e. The summed E-state index contributed by atoms with van der Waals surface area (Å²) < 4.78 is 20.0. The maximum atomic E-state index is 14.2. The van der Waals surface area contributed by atoms with Crippen molar-refractivity contribution < 1.29 is 9.13 Å². The minimum absolute atomic E-state index is 0.105. The van der Waals surface area contributed by atoms with Gasteiger partial charge < -0.3 is 10.5 Å². The van der Waals surface area contributed by atoms with E-state index >= 15 is 0 Å². The number of halogens is 1. The molecule has 2 aromatic rings. The smallest absolute Gasteiger partial charge is 0.140 e. The molecule has 0 fully saturated rings. The zero-order chi connectivity index (χ0) is 15.6. The fourth-order valence-electron chi connectivity index (χ4n) is 2.44. The van der Waals surface area contributed by atoms with Crippen molar-refractivity contribution in [1.29, 1.82) is 5.41 Å². The molecule has 0 aliphatic rings. The normalized spacial score (nSPS) is 10.5. The van der Waals surface area contributed by atoms with Gasteiger partial charge in [-0.05, 0) is 38.0 Å². The highest BCUT2D eigenvalue weighted by atomic mass is 19.1. The molecule has 0 radical (unpaired) electrons. The van der Waals surface area contributed by atoms with Gasteiger partial charge in [-0.1, -0.05) is 29.8 Å². The molecule has 3 nitrogen and oxygen atoms in total. The van der Waals surface area contributed by atoms with Crippen LogP contribution in [0.3, 0.4) is 0 Å². The molecule has 110 valence electrons. The van der Waals surface area contributed by atoms with Gasteiger partial charge in [0, 0.05) is 5.56 Å². The van der Waals surface area contributed by atoms with Gasteiger partial charge in [0.15, 0.2) is 0 Å². The molecular formula is C17H19FN2O. The van der Waals surface area contributed by atoms with Gasteiger partial charge in [0.05, 0.1) is 5.56 Å². The van der Waals surface area contributed by atoms with Crippen molar-refractivity contribution in [3.05, 3.63) is 64.0 Å². The Bertz CT molecular complexity index is 672. The molecular weight excluding hydrogens is 267 g/mol. The SMILES string of the molecule is Cc1cc(C)c(OCc2cccc(C(=N)N)c2F)c(C)c1. The molecule has 0 spiro atoms. The van der Waals surface area contributed by atoms with Gasteiger partial charge in [-0.15, -0.1) is 0 Å². The van der Waals surface area contributed by atoms with Crippen molar-refractivity contribution in [3.63, 3.8) is 0 Å². The number of amidine groups is 1. The van der Waals surface area contributed by atoms with E-state index < -0.39 is 5.82 Å². The molecule has 0 aromatic heterocycles. The molecule has 0 aliphatic heterocycles. The molecule has 0 aliphatic carbocycles. The molecule has 3 N–H and O–H groups in total. The molecule has 0 saturated carbocycles. The molecule has 2 aromatic carbocycles. The van der Waals surface area contributed by atoms with Gasteiger partial charge >= 0.3 is 0 Å². The third kappa shape index (κ3) is 3.21. The van der Waals surface area contributed by atoms with E-state index in [0.717, 1.165) is 16.9 Å². The van der Waals surface area contributed by atoms with Gasteiger partial charge in [-0.2, -0.15) is 0 Å². The molecule has 21 heavy (non-hydrogen) atoms. The molecule has 0 amide bonds. The molecule has 2 rings (SSSR count). The summed E-state index contributed by atoms with van der Waals surface area (Å²) in [5, 5.41) is 7.36. The quantitative estimate of drug-likeness (QED) is 0.666.